The highest BCUT2D eigenvalue weighted by Crippen LogP contribution is 2.37. The predicted octanol–water partition coefficient (Wildman–Crippen LogP) is 1.24. The van der Waals surface area contributed by atoms with Crippen LogP contribution in [0.5, 0.6) is 0 Å². The van der Waals surface area contributed by atoms with Crippen LogP contribution in [0.1, 0.15) is 47.4 Å². The van der Waals surface area contributed by atoms with Crippen molar-refractivity contribution in [2.24, 2.45) is 0 Å². The van der Waals surface area contributed by atoms with Gasteiger partial charge in [-0.15, -0.1) is 0 Å². The molecule has 2 aromatic rings. The number of hydrogen-bond donors (Lipinski definition) is 2. The molecule has 0 unspecified atom stereocenters. The highest BCUT2D eigenvalue weighted by molar-refractivity contribution is 5.23. The lowest BCUT2D eigenvalue weighted by atomic mass is 10.1. The topological polar surface area (TPSA) is 77.7 Å². The Morgan fingerprint density at radius 1 is 1.38 bits per heavy atom. The highest BCUT2D eigenvalue weighted by Gasteiger charge is 2.29. The fraction of sp³-hybridized carbons (Fsp3) is 0.533. The molecule has 1 aliphatic carbocycles. The van der Waals surface area contributed by atoms with Crippen LogP contribution in [0.25, 0.3) is 0 Å². The molecule has 1 fully saturated rings. The van der Waals surface area contributed by atoms with Crippen molar-refractivity contribution in [1.82, 2.24) is 24.8 Å². The molecule has 0 radical (unpaired) electrons. The van der Waals surface area contributed by atoms with Crippen LogP contribution in [0, 0.1) is 6.92 Å². The molecule has 2 N–H and O–H groups in total. The number of aryl methyl sites for hydroxylation is 1. The average molecular weight is 285 g/mol. The van der Waals surface area contributed by atoms with Gasteiger partial charge in [0.1, 0.15) is 11.6 Å². The number of nitrogens with zero attached hydrogens (tertiary/aromatic N) is 3. The maximum absolute atomic E-state index is 12.3. The van der Waals surface area contributed by atoms with Crippen molar-refractivity contribution in [3.05, 3.63) is 45.2 Å². The Labute approximate surface area is 122 Å². The number of hydrogen-bond acceptors (Lipinski definition) is 4. The smallest absolute Gasteiger partial charge is 0.255 e. The average Bonchev–Trinajstić information content (AvgIpc) is 3.24. The monoisotopic (exact) mass is 285 g/mol. The van der Waals surface area contributed by atoms with E-state index in [9.17, 15) is 4.79 Å². The summed E-state index contributed by atoms with van der Waals surface area (Å²) in [7, 11) is 0. The molecule has 6 nitrogen and oxygen atoms in total. The van der Waals surface area contributed by atoms with Crippen molar-refractivity contribution >= 4 is 0 Å². The molecule has 110 valence electrons. The van der Waals surface area contributed by atoms with E-state index in [-0.39, 0.29) is 5.56 Å². The summed E-state index contributed by atoms with van der Waals surface area (Å²) >= 11 is 0. The molecule has 1 saturated carbocycles. The van der Waals surface area contributed by atoms with Gasteiger partial charge in [-0.3, -0.25) is 9.69 Å². The maximum Gasteiger partial charge on any atom is 0.255 e. The molecule has 0 bridgehead atoms. The van der Waals surface area contributed by atoms with Crippen molar-refractivity contribution in [3.63, 3.8) is 0 Å². The summed E-state index contributed by atoms with van der Waals surface area (Å²) < 4.78 is 0. The standard InChI is InChI=1S/C15H19N5O/c1-9-16-6-11(17-9)7-20-5-4-13-12(8-20)15(21)19-14(18-13)10-2-3-10/h6,10H,2-5,7-8H2,1H3,(H,16,17)(H,18,19,21). The van der Waals surface area contributed by atoms with Gasteiger partial charge in [-0.05, 0) is 19.8 Å². The number of aromatic amines is 2. The Balaban J connectivity index is 1.55. The second-order valence-corrected chi connectivity index (χ2v) is 6.11. The van der Waals surface area contributed by atoms with Gasteiger partial charge >= 0.3 is 0 Å². The van der Waals surface area contributed by atoms with E-state index in [0.717, 1.165) is 61.0 Å². The van der Waals surface area contributed by atoms with Crippen LogP contribution < -0.4 is 5.56 Å². The number of rotatable bonds is 3. The third kappa shape index (κ3) is 2.51. The van der Waals surface area contributed by atoms with Crippen LogP contribution >= 0.6 is 0 Å². The van der Waals surface area contributed by atoms with Gasteiger partial charge in [-0.25, -0.2) is 9.97 Å². The summed E-state index contributed by atoms with van der Waals surface area (Å²) in [6.07, 6.45) is 5.04. The highest BCUT2D eigenvalue weighted by atomic mass is 16.1. The zero-order valence-corrected chi connectivity index (χ0v) is 12.1. The Bertz CT molecular complexity index is 728. The first-order valence-electron chi connectivity index (χ1n) is 7.54. The number of aromatic nitrogens is 4. The quantitative estimate of drug-likeness (QED) is 0.889. The van der Waals surface area contributed by atoms with Crippen LogP contribution in [0.4, 0.5) is 0 Å². The molecular formula is C15H19N5O. The lowest BCUT2D eigenvalue weighted by Crippen LogP contribution is -2.35. The Hall–Kier alpha value is -1.95. The first-order valence-corrected chi connectivity index (χ1v) is 7.54. The molecule has 0 saturated heterocycles. The molecule has 1 aliphatic heterocycles. The van der Waals surface area contributed by atoms with Gasteiger partial charge in [0.15, 0.2) is 0 Å². The molecule has 21 heavy (non-hydrogen) atoms. The second kappa shape index (κ2) is 4.80. The number of fused-ring (bicyclic) bond motifs is 1. The van der Waals surface area contributed by atoms with Crippen molar-refractivity contribution in [3.8, 4) is 0 Å². The van der Waals surface area contributed by atoms with E-state index in [2.05, 4.69) is 24.8 Å². The molecule has 0 aromatic carbocycles. The van der Waals surface area contributed by atoms with Crippen molar-refractivity contribution in [2.45, 2.75) is 45.2 Å². The van der Waals surface area contributed by atoms with E-state index in [0.29, 0.717) is 12.5 Å². The lowest BCUT2D eigenvalue weighted by Gasteiger charge is -2.27. The van der Waals surface area contributed by atoms with Crippen LogP contribution in [-0.2, 0) is 19.5 Å². The number of nitrogens with one attached hydrogen (secondary N) is 2. The summed E-state index contributed by atoms with van der Waals surface area (Å²) in [5.74, 6) is 2.32. The summed E-state index contributed by atoms with van der Waals surface area (Å²) in [4.78, 5) is 29.7. The fourth-order valence-corrected chi connectivity index (χ4v) is 2.98. The molecular weight excluding hydrogens is 266 g/mol. The molecule has 0 amide bonds. The summed E-state index contributed by atoms with van der Waals surface area (Å²) in [6.45, 7) is 4.35. The third-order valence-electron chi connectivity index (χ3n) is 4.28. The van der Waals surface area contributed by atoms with E-state index >= 15 is 0 Å². The minimum atomic E-state index is 0.0485. The van der Waals surface area contributed by atoms with Gasteiger partial charge in [0.25, 0.3) is 5.56 Å². The second-order valence-electron chi connectivity index (χ2n) is 6.11. The number of H-pyrrole nitrogens is 2. The molecule has 0 spiro atoms. The van der Waals surface area contributed by atoms with E-state index < -0.39 is 0 Å². The maximum atomic E-state index is 12.3. The normalized spacial score (nSPS) is 18.7. The molecule has 2 aromatic heterocycles. The van der Waals surface area contributed by atoms with E-state index in [1.807, 2.05) is 13.1 Å². The van der Waals surface area contributed by atoms with Crippen LogP contribution in [0.15, 0.2) is 11.0 Å². The summed E-state index contributed by atoms with van der Waals surface area (Å²) in [6, 6.07) is 0. The van der Waals surface area contributed by atoms with Crippen molar-refractivity contribution in [2.75, 3.05) is 6.54 Å². The van der Waals surface area contributed by atoms with Gasteiger partial charge in [-0.1, -0.05) is 0 Å². The first kappa shape index (κ1) is 12.8. The largest absolute Gasteiger partial charge is 0.345 e. The minimum Gasteiger partial charge on any atom is -0.345 e. The Morgan fingerprint density at radius 2 is 2.24 bits per heavy atom. The first-order chi connectivity index (χ1) is 10.2. The van der Waals surface area contributed by atoms with Crippen LogP contribution in [0.3, 0.4) is 0 Å². The molecule has 2 aliphatic rings. The fourth-order valence-electron chi connectivity index (χ4n) is 2.98. The van der Waals surface area contributed by atoms with Gasteiger partial charge in [0.05, 0.1) is 11.3 Å². The van der Waals surface area contributed by atoms with Gasteiger partial charge in [-0.2, -0.15) is 0 Å². The third-order valence-corrected chi connectivity index (χ3v) is 4.28. The van der Waals surface area contributed by atoms with Gasteiger partial charge < -0.3 is 9.97 Å². The zero-order chi connectivity index (χ0) is 14.4. The van der Waals surface area contributed by atoms with Gasteiger partial charge in [0.2, 0.25) is 0 Å². The van der Waals surface area contributed by atoms with Crippen LogP contribution in [-0.4, -0.2) is 31.4 Å². The van der Waals surface area contributed by atoms with Crippen molar-refractivity contribution in [1.29, 1.82) is 0 Å². The SMILES string of the molecule is Cc1ncc(CN2CCc3nc(C4CC4)[nH]c(=O)c3C2)[nH]1. The van der Waals surface area contributed by atoms with Gasteiger partial charge in [0, 0.05) is 43.9 Å². The lowest BCUT2D eigenvalue weighted by molar-refractivity contribution is 0.239. The molecule has 6 heteroatoms. The van der Waals surface area contributed by atoms with E-state index in [1.165, 1.54) is 0 Å². The van der Waals surface area contributed by atoms with Crippen molar-refractivity contribution < 1.29 is 0 Å². The minimum absolute atomic E-state index is 0.0485. The number of imidazole rings is 1. The predicted molar refractivity (Wildman–Crippen MR) is 78.0 cm³/mol. The Kier molecular flexibility index (Phi) is 2.92. The van der Waals surface area contributed by atoms with Crippen LogP contribution in [0.2, 0.25) is 0 Å². The summed E-state index contributed by atoms with van der Waals surface area (Å²) in [5.41, 5.74) is 2.97. The molecule has 3 heterocycles. The van der Waals surface area contributed by atoms with E-state index in [1.54, 1.807) is 0 Å². The molecule has 4 rings (SSSR count). The molecule has 0 atom stereocenters. The summed E-state index contributed by atoms with van der Waals surface area (Å²) in [5, 5.41) is 0. The zero-order valence-electron chi connectivity index (χ0n) is 12.1. The van der Waals surface area contributed by atoms with E-state index in [4.69, 9.17) is 0 Å². The Morgan fingerprint density at radius 3 is 2.95 bits per heavy atom.